The summed E-state index contributed by atoms with van der Waals surface area (Å²) in [5.74, 6) is 0. The Labute approximate surface area is 161 Å². The van der Waals surface area contributed by atoms with E-state index in [0.29, 0.717) is 17.7 Å². The van der Waals surface area contributed by atoms with Gasteiger partial charge >= 0.3 is 7.12 Å². The molecule has 0 atom stereocenters. The van der Waals surface area contributed by atoms with Gasteiger partial charge in [-0.15, -0.1) is 0 Å². The summed E-state index contributed by atoms with van der Waals surface area (Å²) in [5.41, 5.74) is 3.50. The van der Waals surface area contributed by atoms with Crippen LogP contribution in [0.1, 0.15) is 5.69 Å². The summed E-state index contributed by atoms with van der Waals surface area (Å²) >= 11 is 5.87. The summed E-state index contributed by atoms with van der Waals surface area (Å²) < 4.78 is 3.25. The molecule has 0 spiro atoms. The molecular weight excluding hydrogens is 366 g/mol. The SMILES string of the molecule is Cn1cc(-c2cc(C(=N)Cl)n(/N=C\CNc3ccc(B(O)O)cc3)c2)cn1. The van der Waals surface area contributed by atoms with Crippen LogP contribution in [0, 0.1) is 5.41 Å². The van der Waals surface area contributed by atoms with E-state index in [9.17, 15) is 0 Å². The van der Waals surface area contributed by atoms with Gasteiger partial charge in [0.1, 0.15) is 10.9 Å². The fourth-order valence-electron chi connectivity index (χ4n) is 2.50. The molecule has 0 bridgehead atoms. The van der Waals surface area contributed by atoms with E-state index in [1.165, 1.54) is 0 Å². The Hall–Kier alpha value is -2.88. The molecule has 0 fully saturated rings. The topological polar surface area (TPSA) is 111 Å². The van der Waals surface area contributed by atoms with Crippen molar-refractivity contribution >= 4 is 41.3 Å². The molecule has 0 aliphatic heterocycles. The molecule has 0 radical (unpaired) electrons. The highest BCUT2D eigenvalue weighted by molar-refractivity contribution is 6.68. The molecular formula is C17H18BClN6O2. The van der Waals surface area contributed by atoms with Crippen LogP contribution in [0.15, 0.2) is 54.0 Å². The van der Waals surface area contributed by atoms with Crippen LogP contribution in [-0.2, 0) is 7.05 Å². The van der Waals surface area contributed by atoms with Gasteiger partial charge in [0, 0.05) is 42.5 Å². The first-order valence-electron chi connectivity index (χ1n) is 8.12. The Kier molecular flexibility index (Phi) is 5.75. The van der Waals surface area contributed by atoms with Crippen molar-refractivity contribution in [2.24, 2.45) is 12.1 Å². The van der Waals surface area contributed by atoms with Crippen molar-refractivity contribution in [1.29, 1.82) is 5.41 Å². The largest absolute Gasteiger partial charge is 0.488 e. The van der Waals surface area contributed by atoms with Crippen LogP contribution in [0.4, 0.5) is 5.69 Å². The van der Waals surface area contributed by atoms with Gasteiger partial charge in [0.05, 0.1) is 12.7 Å². The lowest BCUT2D eigenvalue weighted by atomic mass is 9.80. The van der Waals surface area contributed by atoms with Gasteiger partial charge in [-0.05, 0) is 23.7 Å². The molecule has 0 saturated carbocycles. The summed E-state index contributed by atoms with van der Waals surface area (Å²) in [6.45, 7) is 0.441. The van der Waals surface area contributed by atoms with E-state index in [4.69, 9.17) is 27.1 Å². The molecule has 3 rings (SSSR count). The maximum Gasteiger partial charge on any atom is 0.488 e. The number of nitrogens with zero attached hydrogens (tertiary/aromatic N) is 4. The predicted octanol–water partition coefficient (Wildman–Crippen LogP) is 1.08. The van der Waals surface area contributed by atoms with Crippen molar-refractivity contribution in [1.82, 2.24) is 14.5 Å². The van der Waals surface area contributed by atoms with E-state index in [-0.39, 0.29) is 5.17 Å². The van der Waals surface area contributed by atoms with Gasteiger partial charge in [-0.25, -0.2) is 4.68 Å². The second kappa shape index (κ2) is 8.21. The number of nitrogens with one attached hydrogen (secondary N) is 2. The predicted molar refractivity (Wildman–Crippen MR) is 108 cm³/mol. The smallest absolute Gasteiger partial charge is 0.423 e. The quantitative estimate of drug-likeness (QED) is 0.361. The van der Waals surface area contributed by atoms with Crippen molar-refractivity contribution in [2.75, 3.05) is 11.9 Å². The number of hydrogen-bond donors (Lipinski definition) is 4. The zero-order valence-electron chi connectivity index (χ0n) is 14.5. The first-order valence-corrected chi connectivity index (χ1v) is 8.50. The zero-order valence-corrected chi connectivity index (χ0v) is 15.3. The summed E-state index contributed by atoms with van der Waals surface area (Å²) in [6, 6.07) is 8.54. The van der Waals surface area contributed by atoms with Crippen LogP contribution < -0.4 is 10.8 Å². The van der Waals surface area contributed by atoms with E-state index >= 15 is 0 Å². The van der Waals surface area contributed by atoms with Crippen molar-refractivity contribution in [3.05, 3.63) is 54.6 Å². The molecule has 10 heteroatoms. The van der Waals surface area contributed by atoms with Gasteiger partial charge in [0.25, 0.3) is 0 Å². The van der Waals surface area contributed by atoms with Crippen LogP contribution in [-0.4, -0.2) is 49.6 Å². The molecule has 0 aliphatic rings. The lowest BCUT2D eigenvalue weighted by Gasteiger charge is -2.05. The lowest BCUT2D eigenvalue weighted by molar-refractivity contribution is 0.426. The van der Waals surface area contributed by atoms with Gasteiger partial charge < -0.3 is 15.4 Å². The summed E-state index contributed by atoms with van der Waals surface area (Å²) in [6.07, 6.45) is 7.06. The molecule has 2 heterocycles. The standard InChI is InChI=1S/C17H18BClN6O2/c1-24-10-13(9-23-24)12-8-16(17(19)20)25(11-12)22-7-6-21-15-4-2-14(3-5-15)18(26)27/h2-5,7-11,20-21,26-27H,6H2,1H3/b20-17?,22-7-. The number of benzene rings is 1. The third-order valence-electron chi connectivity index (χ3n) is 3.88. The first kappa shape index (κ1) is 18.9. The van der Waals surface area contributed by atoms with Crippen molar-refractivity contribution in [3.63, 3.8) is 0 Å². The molecule has 27 heavy (non-hydrogen) atoms. The molecule has 0 unspecified atom stereocenters. The van der Waals surface area contributed by atoms with Crippen LogP contribution in [0.2, 0.25) is 0 Å². The monoisotopic (exact) mass is 384 g/mol. The molecule has 3 aromatic rings. The Balaban J connectivity index is 1.69. The lowest BCUT2D eigenvalue weighted by Crippen LogP contribution is -2.29. The van der Waals surface area contributed by atoms with Gasteiger partial charge in [-0.1, -0.05) is 23.7 Å². The molecule has 138 valence electrons. The Morgan fingerprint density at radius 3 is 2.63 bits per heavy atom. The normalized spacial score (nSPS) is 11.1. The average molecular weight is 385 g/mol. The highest BCUT2D eigenvalue weighted by Gasteiger charge is 2.11. The van der Waals surface area contributed by atoms with Crippen LogP contribution >= 0.6 is 11.6 Å². The van der Waals surface area contributed by atoms with E-state index < -0.39 is 7.12 Å². The van der Waals surface area contributed by atoms with Gasteiger partial charge in [-0.2, -0.15) is 10.2 Å². The first-order chi connectivity index (χ1) is 12.9. The molecule has 0 amide bonds. The average Bonchev–Trinajstić information content (AvgIpc) is 3.25. The Morgan fingerprint density at radius 1 is 1.30 bits per heavy atom. The second-order valence-electron chi connectivity index (χ2n) is 5.85. The highest BCUT2D eigenvalue weighted by atomic mass is 35.5. The van der Waals surface area contributed by atoms with Gasteiger partial charge in [0.15, 0.2) is 0 Å². The number of halogens is 1. The molecule has 8 nitrogen and oxygen atoms in total. The van der Waals surface area contributed by atoms with Crippen LogP contribution in [0.25, 0.3) is 11.1 Å². The molecule has 4 N–H and O–H groups in total. The third-order valence-corrected chi connectivity index (χ3v) is 4.07. The number of aromatic nitrogens is 3. The molecule has 0 aliphatic carbocycles. The van der Waals surface area contributed by atoms with E-state index in [1.807, 2.05) is 13.2 Å². The van der Waals surface area contributed by atoms with E-state index in [0.717, 1.165) is 16.8 Å². The van der Waals surface area contributed by atoms with Crippen molar-refractivity contribution in [2.45, 2.75) is 0 Å². The molecule has 2 aromatic heterocycles. The number of rotatable bonds is 7. The van der Waals surface area contributed by atoms with Gasteiger partial charge in [0.2, 0.25) is 0 Å². The minimum absolute atomic E-state index is 0.103. The number of aryl methyl sites for hydroxylation is 1. The van der Waals surface area contributed by atoms with Crippen molar-refractivity contribution in [3.8, 4) is 11.1 Å². The fourth-order valence-corrected chi connectivity index (χ4v) is 2.65. The fraction of sp³-hybridized carbons (Fsp3) is 0.118. The van der Waals surface area contributed by atoms with E-state index in [1.54, 1.807) is 58.3 Å². The zero-order chi connectivity index (χ0) is 19.4. The van der Waals surface area contributed by atoms with Gasteiger partial charge in [-0.3, -0.25) is 10.1 Å². The van der Waals surface area contributed by atoms with Crippen molar-refractivity contribution < 1.29 is 10.0 Å². The maximum atomic E-state index is 9.09. The highest BCUT2D eigenvalue weighted by Crippen LogP contribution is 2.22. The summed E-state index contributed by atoms with van der Waals surface area (Å²) in [4.78, 5) is 0. The third kappa shape index (κ3) is 4.65. The molecule has 1 aromatic carbocycles. The Morgan fingerprint density at radius 2 is 2.04 bits per heavy atom. The maximum absolute atomic E-state index is 9.09. The number of anilines is 1. The van der Waals surface area contributed by atoms with E-state index in [2.05, 4.69) is 15.5 Å². The minimum Gasteiger partial charge on any atom is -0.423 e. The summed E-state index contributed by atoms with van der Waals surface area (Å²) in [5, 5.41) is 37.4. The number of hydrogen-bond acceptors (Lipinski definition) is 6. The van der Waals surface area contributed by atoms with Crippen LogP contribution in [0.5, 0.6) is 0 Å². The summed E-state index contributed by atoms with van der Waals surface area (Å²) in [7, 11) is 0.357. The minimum atomic E-state index is -1.48. The molecule has 0 saturated heterocycles. The van der Waals surface area contributed by atoms with Crippen LogP contribution in [0.3, 0.4) is 0 Å². The Bertz CT molecular complexity index is 964. The second-order valence-corrected chi connectivity index (χ2v) is 6.23.